The monoisotopic (exact) mass is 261 g/mol. The minimum Gasteiger partial charge on any atom is -0.398 e. The van der Waals surface area contributed by atoms with Crippen LogP contribution in [0.25, 0.3) is 0 Å². The van der Waals surface area contributed by atoms with Crippen molar-refractivity contribution in [3.63, 3.8) is 0 Å². The molecule has 1 aromatic carbocycles. The van der Waals surface area contributed by atoms with Gasteiger partial charge in [-0.25, -0.2) is 0 Å². The first-order chi connectivity index (χ1) is 9.11. The molecule has 1 aromatic rings. The second-order valence-corrected chi connectivity index (χ2v) is 5.21. The molecule has 0 bridgehead atoms. The van der Waals surface area contributed by atoms with Crippen LogP contribution in [0.4, 0.5) is 5.69 Å². The number of likely N-dealkylation sites (N-methyl/N-ethyl adjacent to an activating group) is 1. The van der Waals surface area contributed by atoms with E-state index in [2.05, 4.69) is 17.1 Å². The van der Waals surface area contributed by atoms with Crippen molar-refractivity contribution >= 4 is 11.6 Å². The van der Waals surface area contributed by atoms with Crippen molar-refractivity contribution in [3.05, 3.63) is 29.3 Å². The van der Waals surface area contributed by atoms with E-state index in [9.17, 15) is 4.79 Å². The molecule has 0 unspecified atom stereocenters. The zero-order valence-electron chi connectivity index (χ0n) is 11.8. The Bertz CT molecular complexity index is 455. The van der Waals surface area contributed by atoms with Gasteiger partial charge in [0.1, 0.15) is 0 Å². The van der Waals surface area contributed by atoms with Gasteiger partial charge in [-0.1, -0.05) is 13.0 Å². The summed E-state index contributed by atoms with van der Waals surface area (Å²) in [5.41, 5.74) is 8.05. The molecule has 1 aliphatic carbocycles. The van der Waals surface area contributed by atoms with Crippen molar-refractivity contribution in [1.82, 2.24) is 10.2 Å². The lowest BCUT2D eigenvalue weighted by atomic mass is 10.1. The van der Waals surface area contributed by atoms with Crippen LogP contribution in [0.3, 0.4) is 0 Å². The lowest BCUT2D eigenvalue weighted by Gasteiger charge is -2.19. The second kappa shape index (κ2) is 6.06. The molecule has 2 rings (SSSR count). The van der Waals surface area contributed by atoms with Crippen LogP contribution in [0.5, 0.6) is 0 Å². The maximum Gasteiger partial charge on any atom is 0.253 e. The van der Waals surface area contributed by atoms with Crippen LogP contribution in [-0.2, 0) is 0 Å². The lowest BCUT2D eigenvalue weighted by Crippen LogP contribution is -2.36. The van der Waals surface area contributed by atoms with Crippen molar-refractivity contribution in [2.45, 2.75) is 32.7 Å². The fourth-order valence-corrected chi connectivity index (χ4v) is 2.34. The minimum absolute atomic E-state index is 0.0793. The van der Waals surface area contributed by atoms with Gasteiger partial charge in [-0.2, -0.15) is 0 Å². The highest BCUT2D eigenvalue weighted by atomic mass is 16.1. The highest BCUT2D eigenvalue weighted by Crippen LogP contribution is 2.25. The number of carbonyl (C=O) groups excluding carboxylic acids is 1. The number of nitrogens with zero attached hydrogens (tertiary/aromatic N) is 1. The molecule has 1 aliphatic rings. The Morgan fingerprint density at radius 2 is 2.21 bits per heavy atom. The maximum absolute atomic E-state index is 12.0. The topological polar surface area (TPSA) is 58.4 Å². The quantitative estimate of drug-likeness (QED) is 0.768. The SMILES string of the molecule is CCN(CCNC(=O)c1ccc(C)cc1N)C1CC1. The molecule has 0 aliphatic heterocycles. The Kier molecular flexibility index (Phi) is 4.43. The zero-order chi connectivity index (χ0) is 13.8. The summed E-state index contributed by atoms with van der Waals surface area (Å²) in [6, 6.07) is 6.27. The van der Waals surface area contributed by atoms with Crippen molar-refractivity contribution in [2.75, 3.05) is 25.4 Å². The summed E-state index contributed by atoms with van der Waals surface area (Å²) in [4.78, 5) is 14.4. The van der Waals surface area contributed by atoms with Gasteiger partial charge in [0.05, 0.1) is 5.56 Å². The third-order valence-electron chi connectivity index (χ3n) is 3.61. The number of hydrogen-bond acceptors (Lipinski definition) is 3. The standard InChI is InChI=1S/C15H23N3O/c1-3-18(12-5-6-12)9-8-17-15(19)13-7-4-11(2)10-14(13)16/h4,7,10,12H,3,5-6,8-9,16H2,1-2H3,(H,17,19). The lowest BCUT2D eigenvalue weighted by molar-refractivity contribution is 0.0949. The normalized spacial score (nSPS) is 14.7. The van der Waals surface area contributed by atoms with Gasteiger partial charge in [-0.3, -0.25) is 9.69 Å². The van der Waals surface area contributed by atoms with E-state index in [1.807, 2.05) is 19.1 Å². The van der Waals surface area contributed by atoms with Gasteiger partial charge in [0, 0.05) is 24.8 Å². The second-order valence-electron chi connectivity index (χ2n) is 5.21. The Labute approximate surface area is 115 Å². The minimum atomic E-state index is -0.0793. The van der Waals surface area contributed by atoms with E-state index in [-0.39, 0.29) is 5.91 Å². The van der Waals surface area contributed by atoms with Crippen LogP contribution in [0.1, 0.15) is 35.7 Å². The van der Waals surface area contributed by atoms with Crippen molar-refractivity contribution in [3.8, 4) is 0 Å². The van der Waals surface area contributed by atoms with E-state index >= 15 is 0 Å². The van der Waals surface area contributed by atoms with Crippen LogP contribution in [0, 0.1) is 6.92 Å². The number of anilines is 1. The van der Waals surface area contributed by atoms with Crippen LogP contribution < -0.4 is 11.1 Å². The van der Waals surface area contributed by atoms with Crippen molar-refractivity contribution in [1.29, 1.82) is 0 Å². The van der Waals surface area contributed by atoms with Crippen LogP contribution in [-0.4, -0.2) is 36.5 Å². The van der Waals surface area contributed by atoms with E-state index in [0.717, 1.165) is 24.7 Å². The van der Waals surface area contributed by atoms with Crippen molar-refractivity contribution < 1.29 is 4.79 Å². The Balaban J connectivity index is 1.83. The third-order valence-corrected chi connectivity index (χ3v) is 3.61. The predicted molar refractivity (Wildman–Crippen MR) is 78.2 cm³/mol. The highest BCUT2D eigenvalue weighted by molar-refractivity contribution is 5.99. The zero-order valence-corrected chi connectivity index (χ0v) is 11.8. The molecule has 3 N–H and O–H groups in total. The number of nitrogens with one attached hydrogen (secondary N) is 1. The number of amides is 1. The first kappa shape index (κ1) is 13.9. The molecule has 0 spiro atoms. The van der Waals surface area contributed by atoms with Gasteiger partial charge in [-0.05, 0) is 44.0 Å². The number of benzene rings is 1. The predicted octanol–water partition coefficient (Wildman–Crippen LogP) is 1.79. The Morgan fingerprint density at radius 1 is 1.47 bits per heavy atom. The third kappa shape index (κ3) is 3.70. The molecular weight excluding hydrogens is 238 g/mol. The highest BCUT2D eigenvalue weighted by Gasteiger charge is 2.27. The fourth-order valence-electron chi connectivity index (χ4n) is 2.34. The number of carbonyl (C=O) groups is 1. The van der Waals surface area contributed by atoms with Gasteiger partial charge < -0.3 is 11.1 Å². The maximum atomic E-state index is 12.0. The van der Waals surface area contributed by atoms with E-state index in [4.69, 9.17) is 5.73 Å². The average molecular weight is 261 g/mol. The molecule has 0 heterocycles. The molecule has 4 nitrogen and oxygen atoms in total. The van der Waals surface area contributed by atoms with E-state index in [1.54, 1.807) is 6.07 Å². The first-order valence-electron chi connectivity index (χ1n) is 7.00. The van der Waals surface area contributed by atoms with Crippen LogP contribution in [0.15, 0.2) is 18.2 Å². The molecule has 1 amide bonds. The molecule has 1 fully saturated rings. The number of hydrogen-bond donors (Lipinski definition) is 2. The van der Waals surface area contributed by atoms with E-state index in [1.165, 1.54) is 12.8 Å². The summed E-state index contributed by atoms with van der Waals surface area (Å²) in [5.74, 6) is -0.0793. The molecule has 1 saturated carbocycles. The summed E-state index contributed by atoms with van der Waals surface area (Å²) in [6.45, 7) is 6.77. The molecular formula is C15H23N3O. The van der Waals surface area contributed by atoms with Crippen molar-refractivity contribution in [2.24, 2.45) is 0 Å². The molecule has 19 heavy (non-hydrogen) atoms. The molecule has 0 saturated heterocycles. The summed E-state index contributed by atoms with van der Waals surface area (Å²) < 4.78 is 0. The van der Waals surface area contributed by atoms with Gasteiger partial charge in [0.15, 0.2) is 0 Å². The molecule has 0 atom stereocenters. The first-order valence-corrected chi connectivity index (χ1v) is 7.00. The number of nitrogens with two attached hydrogens (primary N) is 1. The Morgan fingerprint density at radius 3 is 2.79 bits per heavy atom. The van der Waals surface area contributed by atoms with E-state index < -0.39 is 0 Å². The number of nitrogen functional groups attached to an aromatic ring is 1. The number of aryl methyl sites for hydroxylation is 1. The smallest absolute Gasteiger partial charge is 0.253 e. The van der Waals surface area contributed by atoms with Gasteiger partial charge in [0.25, 0.3) is 5.91 Å². The molecule has 104 valence electrons. The summed E-state index contributed by atoms with van der Waals surface area (Å²) in [6.07, 6.45) is 2.60. The van der Waals surface area contributed by atoms with Gasteiger partial charge in [-0.15, -0.1) is 0 Å². The van der Waals surface area contributed by atoms with Crippen LogP contribution >= 0.6 is 0 Å². The molecule has 4 heteroatoms. The fraction of sp³-hybridized carbons (Fsp3) is 0.533. The molecule has 0 radical (unpaired) electrons. The summed E-state index contributed by atoms with van der Waals surface area (Å²) in [5, 5.41) is 2.95. The van der Waals surface area contributed by atoms with Crippen LogP contribution in [0.2, 0.25) is 0 Å². The van der Waals surface area contributed by atoms with E-state index in [0.29, 0.717) is 17.8 Å². The Hall–Kier alpha value is -1.55. The summed E-state index contributed by atoms with van der Waals surface area (Å²) >= 11 is 0. The average Bonchev–Trinajstić information content (AvgIpc) is 3.18. The van der Waals surface area contributed by atoms with Gasteiger partial charge in [0.2, 0.25) is 0 Å². The number of rotatable bonds is 6. The van der Waals surface area contributed by atoms with Gasteiger partial charge >= 0.3 is 0 Å². The summed E-state index contributed by atoms with van der Waals surface area (Å²) in [7, 11) is 0. The molecule has 0 aromatic heterocycles. The largest absolute Gasteiger partial charge is 0.398 e.